The van der Waals surface area contributed by atoms with Crippen molar-refractivity contribution in [1.82, 2.24) is 10.2 Å². The van der Waals surface area contributed by atoms with E-state index in [-0.39, 0.29) is 24.3 Å². The zero-order chi connectivity index (χ0) is 30.8. The summed E-state index contributed by atoms with van der Waals surface area (Å²) in [6.07, 6.45) is -1.74. The highest BCUT2D eigenvalue weighted by molar-refractivity contribution is 8.01. The lowest BCUT2D eigenvalue weighted by Gasteiger charge is -2.41. The minimum Gasteiger partial charge on any atom is -0.392 e. The van der Waals surface area contributed by atoms with Gasteiger partial charge < -0.3 is 19.9 Å². The summed E-state index contributed by atoms with van der Waals surface area (Å²) in [5.74, 6) is -12.4. The van der Waals surface area contributed by atoms with E-state index in [0.717, 1.165) is 20.5 Å². The number of aryl methyl sites for hydroxylation is 1. The summed E-state index contributed by atoms with van der Waals surface area (Å²) in [5.41, 5.74) is 0.417. The van der Waals surface area contributed by atoms with Gasteiger partial charge in [0, 0.05) is 22.9 Å². The Kier molecular flexibility index (Phi) is 9.42. The number of thioether (sulfide) groups is 1. The summed E-state index contributed by atoms with van der Waals surface area (Å²) < 4.78 is 82.7. The second-order valence-electron chi connectivity index (χ2n) is 9.74. The van der Waals surface area contributed by atoms with Crippen LogP contribution in [0.5, 0.6) is 0 Å². The number of aliphatic hydroxyl groups excluding tert-OH is 1. The number of hydrogen-bond acceptors (Lipinski definition) is 8. The average Bonchev–Trinajstić information content (AvgIpc) is 3.43. The summed E-state index contributed by atoms with van der Waals surface area (Å²) in [4.78, 5) is 12.6. The van der Waals surface area contributed by atoms with Gasteiger partial charge in [-0.25, -0.2) is 22.0 Å². The van der Waals surface area contributed by atoms with Crippen LogP contribution in [0.3, 0.4) is 0 Å². The topological polar surface area (TPSA) is 93.6 Å². The molecule has 0 bridgehead atoms. The highest BCUT2D eigenvalue weighted by atomic mass is 32.2. The van der Waals surface area contributed by atoms with Gasteiger partial charge in [-0.05, 0) is 30.2 Å². The molecule has 0 radical (unpaired) electrons. The third-order valence-corrected chi connectivity index (χ3v) is 8.92. The first kappa shape index (κ1) is 31.0. The van der Waals surface area contributed by atoms with Gasteiger partial charge in [0.15, 0.2) is 33.9 Å². The predicted octanol–water partition coefficient (Wildman–Crippen LogP) is 6.87. The Labute approximate surface area is 251 Å². The number of carbonyl (C=O) groups excluding carboxylic acids is 1. The van der Waals surface area contributed by atoms with Crippen molar-refractivity contribution < 1.29 is 41.3 Å². The molecule has 3 aromatic carbocycles. The quantitative estimate of drug-likeness (QED) is 0.0943. The van der Waals surface area contributed by atoms with Crippen molar-refractivity contribution in [1.29, 1.82) is 0 Å². The van der Waals surface area contributed by atoms with Gasteiger partial charge in [0.25, 0.3) is 5.91 Å². The van der Waals surface area contributed by atoms with E-state index in [9.17, 15) is 31.9 Å². The Morgan fingerprint density at radius 2 is 1.63 bits per heavy atom. The standard InChI is InChI=1S/C29H24F5N3O4S2/c1-13-19(12-42-29-37-36-14(2)43-29)40-28(41-26(13)16-8-6-15(11-38)7-9-16)17-4-3-5-18(10-17)35-27(39)20-21(30)23(32)25(34)24(33)22(20)31/h3-10,13,19,26,28,38H,11-12H2,1-2H3,(H,35,39)/t13-,19+,26+,28+/m1/s1. The van der Waals surface area contributed by atoms with Crippen LogP contribution in [0.2, 0.25) is 0 Å². The number of rotatable bonds is 8. The fourth-order valence-electron chi connectivity index (χ4n) is 4.56. The van der Waals surface area contributed by atoms with Gasteiger partial charge in [-0.1, -0.05) is 66.4 Å². The Hall–Kier alpha value is -3.43. The number of halogens is 5. The van der Waals surface area contributed by atoms with Crippen molar-refractivity contribution >= 4 is 34.7 Å². The van der Waals surface area contributed by atoms with E-state index in [4.69, 9.17) is 9.47 Å². The Morgan fingerprint density at radius 1 is 0.953 bits per heavy atom. The van der Waals surface area contributed by atoms with Crippen LogP contribution in [-0.4, -0.2) is 33.1 Å². The average molecular weight is 638 g/mol. The van der Waals surface area contributed by atoms with Crippen LogP contribution in [-0.2, 0) is 16.1 Å². The lowest BCUT2D eigenvalue weighted by atomic mass is 9.91. The molecular weight excluding hydrogens is 613 g/mol. The Morgan fingerprint density at radius 3 is 2.26 bits per heavy atom. The van der Waals surface area contributed by atoms with Crippen molar-refractivity contribution in [3.8, 4) is 0 Å². The zero-order valence-corrected chi connectivity index (χ0v) is 24.2. The van der Waals surface area contributed by atoms with Crippen LogP contribution in [0.15, 0.2) is 52.9 Å². The van der Waals surface area contributed by atoms with Crippen LogP contribution < -0.4 is 5.32 Å². The summed E-state index contributed by atoms with van der Waals surface area (Å²) >= 11 is 2.94. The van der Waals surface area contributed by atoms with Gasteiger partial charge in [0.1, 0.15) is 10.6 Å². The lowest BCUT2D eigenvalue weighted by molar-refractivity contribution is -0.268. The number of ether oxygens (including phenoxy) is 2. The first-order valence-electron chi connectivity index (χ1n) is 12.9. The molecule has 5 rings (SSSR count). The smallest absolute Gasteiger partial charge is 0.261 e. The monoisotopic (exact) mass is 637 g/mol. The number of anilines is 1. The van der Waals surface area contributed by atoms with Gasteiger partial charge in [0.05, 0.1) is 18.8 Å². The number of hydrogen-bond donors (Lipinski definition) is 2. The van der Waals surface area contributed by atoms with Gasteiger partial charge in [0.2, 0.25) is 5.82 Å². The molecule has 1 fully saturated rings. The first-order valence-corrected chi connectivity index (χ1v) is 14.7. The van der Waals surface area contributed by atoms with Crippen LogP contribution in [0.4, 0.5) is 27.6 Å². The number of carbonyl (C=O) groups is 1. The highest BCUT2D eigenvalue weighted by Gasteiger charge is 2.39. The van der Waals surface area contributed by atoms with Crippen LogP contribution in [0.25, 0.3) is 0 Å². The molecule has 0 saturated carbocycles. The molecule has 1 aliphatic heterocycles. The molecule has 2 N–H and O–H groups in total. The maximum atomic E-state index is 14.2. The molecule has 0 spiro atoms. The number of aromatic nitrogens is 2. The van der Waals surface area contributed by atoms with E-state index in [2.05, 4.69) is 15.5 Å². The van der Waals surface area contributed by atoms with E-state index < -0.39 is 53.0 Å². The minimum atomic E-state index is -2.36. The van der Waals surface area contributed by atoms with Crippen molar-refractivity contribution in [3.05, 3.63) is 105 Å². The molecule has 4 aromatic rings. The third-order valence-electron chi connectivity index (χ3n) is 6.86. The largest absolute Gasteiger partial charge is 0.392 e. The molecule has 0 unspecified atom stereocenters. The number of amides is 1. The maximum absolute atomic E-state index is 14.2. The van der Waals surface area contributed by atoms with Crippen LogP contribution in [0, 0.1) is 41.9 Å². The molecule has 14 heteroatoms. The van der Waals surface area contributed by atoms with Gasteiger partial charge in [-0.15, -0.1) is 10.2 Å². The highest BCUT2D eigenvalue weighted by Crippen LogP contribution is 2.43. The number of aliphatic hydroxyl groups is 1. The minimum absolute atomic E-state index is 0.0105. The van der Waals surface area contributed by atoms with Crippen molar-refractivity contribution in [3.63, 3.8) is 0 Å². The van der Waals surface area contributed by atoms with E-state index in [1.54, 1.807) is 18.2 Å². The number of nitrogens with zero attached hydrogens (tertiary/aromatic N) is 2. The van der Waals surface area contributed by atoms with Crippen LogP contribution >= 0.6 is 23.1 Å². The van der Waals surface area contributed by atoms with E-state index in [0.29, 0.717) is 11.3 Å². The number of benzene rings is 3. The molecule has 4 atom stereocenters. The van der Waals surface area contributed by atoms with E-state index >= 15 is 0 Å². The predicted molar refractivity (Wildman–Crippen MR) is 149 cm³/mol. The van der Waals surface area contributed by atoms with Gasteiger partial charge in [-0.2, -0.15) is 0 Å². The fourth-order valence-corrected chi connectivity index (χ4v) is 6.57. The molecule has 0 aliphatic carbocycles. The molecule has 1 aliphatic rings. The molecule has 43 heavy (non-hydrogen) atoms. The second kappa shape index (κ2) is 13.1. The first-order chi connectivity index (χ1) is 20.6. The van der Waals surface area contributed by atoms with Crippen molar-refractivity contribution in [2.24, 2.45) is 5.92 Å². The molecule has 1 saturated heterocycles. The third kappa shape index (κ3) is 6.58. The lowest BCUT2D eigenvalue weighted by Crippen LogP contribution is -2.38. The van der Waals surface area contributed by atoms with Gasteiger partial charge in [-0.3, -0.25) is 4.79 Å². The molecule has 7 nitrogen and oxygen atoms in total. The number of nitrogens with one attached hydrogen (secondary N) is 1. The molecule has 226 valence electrons. The Bertz CT molecular complexity index is 1610. The van der Waals surface area contributed by atoms with Crippen molar-refractivity contribution in [2.45, 2.75) is 43.3 Å². The molecule has 1 aromatic heterocycles. The van der Waals surface area contributed by atoms with E-state index in [1.165, 1.54) is 41.3 Å². The van der Waals surface area contributed by atoms with E-state index in [1.807, 2.05) is 26.0 Å². The van der Waals surface area contributed by atoms with Gasteiger partial charge >= 0.3 is 0 Å². The Balaban J connectivity index is 1.41. The zero-order valence-electron chi connectivity index (χ0n) is 22.6. The van der Waals surface area contributed by atoms with Crippen LogP contribution in [0.1, 0.15) is 51.4 Å². The van der Waals surface area contributed by atoms with Crippen molar-refractivity contribution in [2.75, 3.05) is 11.1 Å². The second-order valence-corrected chi connectivity index (χ2v) is 12.2. The summed E-state index contributed by atoms with van der Waals surface area (Å²) in [7, 11) is 0. The normalized spacial score (nSPS) is 20.3. The maximum Gasteiger partial charge on any atom is 0.261 e. The molecular formula is C29H24F5N3O4S2. The fraction of sp³-hybridized carbons (Fsp3) is 0.276. The summed E-state index contributed by atoms with van der Waals surface area (Å²) in [5, 5.41) is 20.7. The SMILES string of the molecule is Cc1nnc(SC[C@@H]2O[C@H](c3cccc(NC(=O)c4c(F)c(F)c(F)c(F)c4F)c3)O[C@H](c3ccc(CO)cc3)[C@@H]2C)s1. The molecule has 1 amide bonds. The molecule has 2 heterocycles. The summed E-state index contributed by atoms with van der Waals surface area (Å²) in [6, 6.07) is 13.3. The summed E-state index contributed by atoms with van der Waals surface area (Å²) in [6.45, 7) is 3.73.